The highest BCUT2D eigenvalue weighted by atomic mass is 19.4. The fourth-order valence-electron chi connectivity index (χ4n) is 2.20. The highest BCUT2D eigenvalue weighted by molar-refractivity contribution is 5.46. The van der Waals surface area contributed by atoms with Crippen molar-refractivity contribution in [1.82, 2.24) is 4.90 Å². The molecule has 0 unspecified atom stereocenters. The van der Waals surface area contributed by atoms with Crippen molar-refractivity contribution in [3.63, 3.8) is 0 Å². The lowest BCUT2D eigenvalue weighted by Crippen LogP contribution is -2.38. The van der Waals surface area contributed by atoms with Gasteiger partial charge in [-0.05, 0) is 17.7 Å². The van der Waals surface area contributed by atoms with Gasteiger partial charge in [0.2, 0.25) is 0 Å². The quantitative estimate of drug-likeness (QED) is 0.689. The third kappa shape index (κ3) is 3.44. The molecule has 1 aliphatic heterocycles. The molecular weight excluding hydrogens is 295 g/mol. The zero-order valence-corrected chi connectivity index (χ0v) is 11.1. The van der Waals surface area contributed by atoms with Gasteiger partial charge in [0.1, 0.15) is 0 Å². The van der Waals surface area contributed by atoms with Crippen LogP contribution in [0.4, 0.5) is 27.6 Å². The van der Waals surface area contributed by atoms with E-state index in [9.17, 15) is 22.0 Å². The number of morpholine rings is 1. The molecule has 1 aromatic carbocycles. The predicted octanol–water partition coefficient (Wildman–Crippen LogP) is 2.76. The number of ether oxygens (including phenoxy) is 1. The van der Waals surface area contributed by atoms with Crippen LogP contribution in [0.2, 0.25) is 0 Å². The number of hydrogen-bond donors (Lipinski definition) is 1. The summed E-state index contributed by atoms with van der Waals surface area (Å²) in [6.45, 7) is 1.79. The molecule has 1 saturated heterocycles. The number of nitrogens with zero attached hydrogens (tertiary/aromatic N) is 1. The zero-order chi connectivity index (χ0) is 15.7. The summed E-state index contributed by atoms with van der Waals surface area (Å²) >= 11 is 0. The monoisotopic (exact) mass is 310 g/mol. The van der Waals surface area contributed by atoms with E-state index < -0.39 is 17.7 Å². The molecule has 1 aromatic rings. The van der Waals surface area contributed by atoms with E-state index in [1.54, 1.807) is 4.90 Å². The minimum Gasteiger partial charge on any atom is -0.399 e. The van der Waals surface area contributed by atoms with Gasteiger partial charge in [0, 0.05) is 30.9 Å². The first-order chi connectivity index (χ1) is 9.72. The van der Waals surface area contributed by atoms with Gasteiger partial charge in [0.05, 0.1) is 13.2 Å². The van der Waals surface area contributed by atoms with Crippen LogP contribution < -0.4 is 5.73 Å². The van der Waals surface area contributed by atoms with Crippen molar-refractivity contribution < 1.29 is 26.7 Å². The van der Waals surface area contributed by atoms with Crippen LogP contribution in [0.5, 0.6) is 0 Å². The Balaban J connectivity index is 2.33. The number of benzene rings is 1. The van der Waals surface area contributed by atoms with Crippen LogP contribution in [0.3, 0.4) is 0 Å². The summed E-state index contributed by atoms with van der Waals surface area (Å²) in [5.74, 6) is -4.90. The van der Waals surface area contributed by atoms with Crippen molar-refractivity contribution >= 4 is 5.69 Å². The number of anilines is 1. The van der Waals surface area contributed by atoms with Crippen LogP contribution in [0.15, 0.2) is 18.2 Å². The van der Waals surface area contributed by atoms with Crippen LogP contribution in [0.1, 0.15) is 11.1 Å². The molecule has 0 amide bonds. The van der Waals surface area contributed by atoms with Gasteiger partial charge in [-0.1, -0.05) is 6.07 Å². The van der Waals surface area contributed by atoms with Crippen LogP contribution >= 0.6 is 0 Å². The Kier molecular flexibility index (Phi) is 4.38. The van der Waals surface area contributed by atoms with Crippen molar-refractivity contribution in [3.05, 3.63) is 29.3 Å². The molecule has 8 heteroatoms. The fourth-order valence-corrected chi connectivity index (χ4v) is 2.20. The van der Waals surface area contributed by atoms with Crippen molar-refractivity contribution in [2.24, 2.45) is 0 Å². The number of halogens is 5. The minimum absolute atomic E-state index is 0.0184. The highest BCUT2D eigenvalue weighted by Gasteiger charge is 2.59. The normalized spacial score (nSPS) is 18.0. The van der Waals surface area contributed by atoms with E-state index in [1.807, 2.05) is 0 Å². The highest BCUT2D eigenvalue weighted by Crippen LogP contribution is 2.45. The Morgan fingerprint density at radius 2 is 1.71 bits per heavy atom. The SMILES string of the molecule is Nc1ccc(C(F)(F)C(F)(F)F)c(CN2CCOCC2)c1. The smallest absolute Gasteiger partial charge is 0.399 e. The number of nitrogens with two attached hydrogens (primary N) is 1. The van der Waals surface area contributed by atoms with Crippen LogP contribution in [-0.2, 0) is 17.2 Å². The summed E-state index contributed by atoms with van der Waals surface area (Å²) in [6.07, 6.45) is -5.64. The van der Waals surface area contributed by atoms with Crippen LogP contribution in [-0.4, -0.2) is 37.4 Å². The maximum absolute atomic E-state index is 13.6. The van der Waals surface area contributed by atoms with Gasteiger partial charge >= 0.3 is 12.1 Å². The van der Waals surface area contributed by atoms with Gasteiger partial charge in [0.25, 0.3) is 0 Å². The Morgan fingerprint density at radius 3 is 2.29 bits per heavy atom. The second kappa shape index (κ2) is 5.76. The molecule has 1 fully saturated rings. The summed E-state index contributed by atoms with van der Waals surface area (Å²) in [5.41, 5.74) is 4.51. The number of hydrogen-bond acceptors (Lipinski definition) is 3. The van der Waals surface area contributed by atoms with E-state index in [1.165, 1.54) is 6.07 Å². The fraction of sp³-hybridized carbons (Fsp3) is 0.538. The number of rotatable bonds is 3. The molecule has 3 nitrogen and oxygen atoms in total. The molecular formula is C13H15F5N2O. The molecule has 2 N–H and O–H groups in total. The van der Waals surface area contributed by atoms with E-state index in [-0.39, 0.29) is 17.8 Å². The zero-order valence-electron chi connectivity index (χ0n) is 11.1. The van der Waals surface area contributed by atoms with Crippen molar-refractivity contribution in [2.45, 2.75) is 18.6 Å². The van der Waals surface area contributed by atoms with Crippen molar-refractivity contribution in [3.8, 4) is 0 Å². The molecule has 0 radical (unpaired) electrons. The Bertz CT molecular complexity index is 498. The third-order valence-electron chi connectivity index (χ3n) is 3.32. The van der Waals surface area contributed by atoms with Gasteiger partial charge in [-0.15, -0.1) is 0 Å². The lowest BCUT2D eigenvalue weighted by molar-refractivity contribution is -0.289. The number of nitrogen functional groups attached to an aromatic ring is 1. The average Bonchev–Trinajstić information content (AvgIpc) is 2.38. The van der Waals surface area contributed by atoms with E-state index in [2.05, 4.69) is 0 Å². The molecule has 2 rings (SSSR count). The summed E-state index contributed by atoms with van der Waals surface area (Å²) < 4.78 is 70.0. The molecule has 0 saturated carbocycles. The summed E-state index contributed by atoms with van der Waals surface area (Å²) in [4.78, 5) is 1.76. The first-order valence-electron chi connectivity index (χ1n) is 6.35. The van der Waals surface area contributed by atoms with Gasteiger partial charge in [-0.25, -0.2) is 0 Å². The Labute approximate surface area is 118 Å². The molecule has 0 aliphatic carbocycles. The maximum Gasteiger partial charge on any atom is 0.458 e. The Hall–Kier alpha value is -1.41. The lowest BCUT2D eigenvalue weighted by Gasteiger charge is -2.29. The second-order valence-corrected chi connectivity index (χ2v) is 4.88. The third-order valence-corrected chi connectivity index (χ3v) is 3.32. The van der Waals surface area contributed by atoms with Gasteiger partial charge in [-0.2, -0.15) is 22.0 Å². The van der Waals surface area contributed by atoms with Crippen LogP contribution in [0, 0.1) is 0 Å². The van der Waals surface area contributed by atoms with Gasteiger partial charge < -0.3 is 10.5 Å². The van der Waals surface area contributed by atoms with E-state index in [0.717, 1.165) is 12.1 Å². The second-order valence-electron chi connectivity index (χ2n) is 4.88. The van der Waals surface area contributed by atoms with Crippen LogP contribution in [0.25, 0.3) is 0 Å². The summed E-state index contributed by atoms with van der Waals surface area (Å²) in [5, 5.41) is 0. The average molecular weight is 310 g/mol. The van der Waals surface area contributed by atoms with Crippen molar-refractivity contribution in [1.29, 1.82) is 0 Å². The predicted molar refractivity (Wildman–Crippen MR) is 66.9 cm³/mol. The first-order valence-corrected chi connectivity index (χ1v) is 6.35. The van der Waals surface area contributed by atoms with E-state index in [0.29, 0.717) is 26.3 Å². The first kappa shape index (κ1) is 16.0. The van der Waals surface area contributed by atoms with E-state index >= 15 is 0 Å². The van der Waals surface area contributed by atoms with Gasteiger partial charge in [0.15, 0.2) is 0 Å². The molecule has 1 aliphatic rings. The molecule has 21 heavy (non-hydrogen) atoms. The maximum atomic E-state index is 13.6. The number of alkyl halides is 5. The summed E-state index contributed by atoms with van der Waals surface area (Å²) in [7, 11) is 0. The van der Waals surface area contributed by atoms with E-state index in [4.69, 9.17) is 10.5 Å². The minimum atomic E-state index is -5.64. The molecule has 1 heterocycles. The topological polar surface area (TPSA) is 38.5 Å². The molecule has 0 aromatic heterocycles. The lowest BCUT2D eigenvalue weighted by atomic mass is 9.99. The molecule has 0 bridgehead atoms. The standard InChI is InChI=1S/C13H15F5N2O/c14-12(15,13(16,17)18)11-2-1-10(19)7-9(11)8-20-3-5-21-6-4-20/h1-2,7H,3-6,8,19H2. The Morgan fingerprint density at radius 1 is 1.10 bits per heavy atom. The molecule has 118 valence electrons. The summed E-state index contributed by atoms with van der Waals surface area (Å²) in [6, 6.07) is 2.97. The van der Waals surface area contributed by atoms with Gasteiger partial charge in [-0.3, -0.25) is 4.90 Å². The largest absolute Gasteiger partial charge is 0.458 e. The van der Waals surface area contributed by atoms with Crippen molar-refractivity contribution in [2.75, 3.05) is 32.0 Å². The molecule has 0 spiro atoms. The molecule has 0 atom stereocenters.